The minimum atomic E-state index is 0.124. The molecule has 1 aromatic carbocycles. The van der Waals surface area contributed by atoms with Crippen LogP contribution in [-0.4, -0.2) is 58.0 Å². The molecule has 0 radical (unpaired) electrons. The number of amides is 1. The van der Waals surface area contributed by atoms with Crippen LogP contribution in [0.4, 0.5) is 0 Å². The maximum Gasteiger partial charge on any atom is 0.254 e. The summed E-state index contributed by atoms with van der Waals surface area (Å²) in [4.78, 5) is 21.7. The van der Waals surface area contributed by atoms with Crippen molar-refractivity contribution in [2.24, 2.45) is 0 Å². The molecule has 124 valence electrons. The summed E-state index contributed by atoms with van der Waals surface area (Å²) in [7, 11) is 0. The second-order valence-corrected chi connectivity index (χ2v) is 6.55. The maximum absolute atomic E-state index is 12.7. The van der Waals surface area contributed by atoms with Crippen molar-refractivity contribution in [2.45, 2.75) is 33.7 Å². The maximum atomic E-state index is 12.7. The number of imidazole rings is 1. The van der Waals surface area contributed by atoms with Crippen molar-refractivity contribution in [3.63, 3.8) is 0 Å². The van der Waals surface area contributed by atoms with E-state index in [0.29, 0.717) is 6.04 Å². The molecule has 0 unspecified atom stereocenters. The first-order chi connectivity index (χ1) is 11.0. The predicted molar refractivity (Wildman–Crippen MR) is 92.9 cm³/mol. The molecule has 0 aliphatic carbocycles. The van der Waals surface area contributed by atoms with E-state index in [1.807, 2.05) is 30.0 Å². The molecule has 5 heteroatoms. The van der Waals surface area contributed by atoms with E-state index in [1.165, 1.54) is 0 Å². The molecule has 1 aromatic heterocycles. The molecule has 2 heterocycles. The van der Waals surface area contributed by atoms with Gasteiger partial charge in [-0.3, -0.25) is 4.79 Å². The van der Waals surface area contributed by atoms with Crippen LogP contribution in [0.1, 0.15) is 43.0 Å². The van der Waals surface area contributed by atoms with Crippen molar-refractivity contribution in [1.29, 1.82) is 0 Å². The SMILES string of the molecule is CCN1CCN(C(=O)c2ccc3c(c2)nc(C)n3C(C)C)CC1. The molecule has 1 aliphatic rings. The van der Waals surface area contributed by atoms with Crippen molar-refractivity contribution in [1.82, 2.24) is 19.4 Å². The van der Waals surface area contributed by atoms with Gasteiger partial charge in [-0.25, -0.2) is 4.98 Å². The molecule has 23 heavy (non-hydrogen) atoms. The van der Waals surface area contributed by atoms with Gasteiger partial charge in [-0.15, -0.1) is 0 Å². The lowest BCUT2D eigenvalue weighted by molar-refractivity contribution is 0.0643. The quantitative estimate of drug-likeness (QED) is 0.875. The highest BCUT2D eigenvalue weighted by molar-refractivity contribution is 5.97. The fraction of sp³-hybridized carbons (Fsp3) is 0.556. The van der Waals surface area contributed by atoms with E-state index in [9.17, 15) is 4.79 Å². The summed E-state index contributed by atoms with van der Waals surface area (Å²) in [6.07, 6.45) is 0. The lowest BCUT2D eigenvalue weighted by atomic mass is 10.1. The van der Waals surface area contributed by atoms with Crippen LogP contribution in [0.2, 0.25) is 0 Å². The van der Waals surface area contributed by atoms with E-state index in [1.54, 1.807) is 0 Å². The average Bonchev–Trinajstić information content (AvgIpc) is 2.89. The van der Waals surface area contributed by atoms with Crippen LogP contribution in [0.15, 0.2) is 18.2 Å². The average molecular weight is 314 g/mol. The number of carbonyl (C=O) groups excluding carboxylic acids is 1. The van der Waals surface area contributed by atoms with Gasteiger partial charge in [0.15, 0.2) is 0 Å². The van der Waals surface area contributed by atoms with Crippen LogP contribution in [0.5, 0.6) is 0 Å². The molecule has 5 nitrogen and oxygen atoms in total. The van der Waals surface area contributed by atoms with Crippen molar-refractivity contribution in [3.05, 3.63) is 29.6 Å². The van der Waals surface area contributed by atoms with Gasteiger partial charge in [0.1, 0.15) is 5.82 Å². The summed E-state index contributed by atoms with van der Waals surface area (Å²) in [5, 5.41) is 0. The number of piperazine rings is 1. The molecule has 3 rings (SSSR count). The highest BCUT2D eigenvalue weighted by atomic mass is 16.2. The number of hydrogen-bond donors (Lipinski definition) is 0. The van der Waals surface area contributed by atoms with Gasteiger partial charge in [-0.1, -0.05) is 6.92 Å². The number of benzene rings is 1. The van der Waals surface area contributed by atoms with Crippen LogP contribution < -0.4 is 0 Å². The van der Waals surface area contributed by atoms with E-state index in [4.69, 9.17) is 0 Å². The summed E-state index contributed by atoms with van der Waals surface area (Å²) >= 11 is 0. The van der Waals surface area contributed by atoms with Gasteiger partial charge in [0.05, 0.1) is 11.0 Å². The van der Waals surface area contributed by atoms with E-state index >= 15 is 0 Å². The summed E-state index contributed by atoms with van der Waals surface area (Å²) < 4.78 is 2.21. The standard InChI is InChI=1S/C18H26N4O/c1-5-20-8-10-21(11-9-20)18(23)15-6-7-17-16(12-15)19-14(4)22(17)13(2)3/h6-7,12-13H,5,8-11H2,1-4H3. The predicted octanol–water partition coefficient (Wildman–Crippen LogP) is 2.70. The second-order valence-electron chi connectivity index (χ2n) is 6.55. The van der Waals surface area contributed by atoms with Crippen LogP contribution in [0.3, 0.4) is 0 Å². The lowest BCUT2D eigenvalue weighted by Gasteiger charge is -2.34. The van der Waals surface area contributed by atoms with Crippen molar-refractivity contribution >= 4 is 16.9 Å². The van der Waals surface area contributed by atoms with Gasteiger partial charge >= 0.3 is 0 Å². The van der Waals surface area contributed by atoms with Crippen LogP contribution in [-0.2, 0) is 0 Å². The Labute approximate surface area is 137 Å². The fourth-order valence-electron chi connectivity index (χ4n) is 3.45. The van der Waals surface area contributed by atoms with Crippen molar-refractivity contribution in [2.75, 3.05) is 32.7 Å². The summed E-state index contributed by atoms with van der Waals surface area (Å²) in [6.45, 7) is 13.1. The van der Waals surface area contributed by atoms with Gasteiger partial charge < -0.3 is 14.4 Å². The first-order valence-electron chi connectivity index (χ1n) is 8.51. The molecular weight excluding hydrogens is 288 g/mol. The topological polar surface area (TPSA) is 41.4 Å². The molecule has 0 N–H and O–H groups in total. The molecule has 1 saturated heterocycles. The molecule has 0 saturated carbocycles. The van der Waals surface area contributed by atoms with Crippen molar-refractivity contribution < 1.29 is 4.79 Å². The molecule has 0 spiro atoms. The van der Waals surface area contributed by atoms with Gasteiger partial charge in [-0.05, 0) is 45.5 Å². The number of aromatic nitrogens is 2. The summed E-state index contributed by atoms with van der Waals surface area (Å²) in [5.41, 5.74) is 2.76. The van der Waals surface area contributed by atoms with Gasteiger partial charge in [-0.2, -0.15) is 0 Å². The molecule has 1 amide bonds. The van der Waals surface area contributed by atoms with E-state index in [-0.39, 0.29) is 5.91 Å². The second kappa shape index (κ2) is 6.32. The number of aryl methyl sites for hydroxylation is 1. The Bertz CT molecular complexity index is 711. The minimum Gasteiger partial charge on any atom is -0.336 e. The van der Waals surface area contributed by atoms with E-state index in [2.05, 4.69) is 35.2 Å². The number of hydrogen-bond acceptors (Lipinski definition) is 3. The Kier molecular flexibility index (Phi) is 4.39. The summed E-state index contributed by atoms with van der Waals surface area (Å²) in [5.74, 6) is 1.12. The largest absolute Gasteiger partial charge is 0.336 e. The highest BCUT2D eigenvalue weighted by Crippen LogP contribution is 2.22. The smallest absolute Gasteiger partial charge is 0.254 e. The van der Waals surface area contributed by atoms with E-state index < -0.39 is 0 Å². The van der Waals surface area contributed by atoms with Crippen LogP contribution in [0.25, 0.3) is 11.0 Å². The highest BCUT2D eigenvalue weighted by Gasteiger charge is 2.22. The van der Waals surface area contributed by atoms with Gasteiger partial charge in [0.25, 0.3) is 5.91 Å². The number of fused-ring (bicyclic) bond motifs is 1. The Morgan fingerprint density at radius 1 is 1.22 bits per heavy atom. The molecular formula is C18H26N4O. The van der Waals surface area contributed by atoms with Crippen LogP contribution in [0, 0.1) is 6.92 Å². The van der Waals surface area contributed by atoms with Gasteiger partial charge in [0, 0.05) is 37.8 Å². The number of likely N-dealkylation sites (N-methyl/N-ethyl adjacent to an activating group) is 1. The zero-order chi connectivity index (χ0) is 16.6. The monoisotopic (exact) mass is 314 g/mol. The third-order valence-corrected chi connectivity index (χ3v) is 4.74. The first kappa shape index (κ1) is 16.0. The number of nitrogens with zero attached hydrogens (tertiary/aromatic N) is 4. The first-order valence-corrected chi connectivity index (χ1v) is 8.51. The van der Waals surface area contributed by atoms with Crippen LogP contribution >= 0.6 is 0 Å². The number of rotatable bonds is 3. The molecule has 2 aromatic rings. The minimum absolute atomic E-state index is 0.124. The Morgan fingerprint density at radius 2 is 1.91 bits per heavy atom. The molecule has 1 fully saturated rings. The Morgan fingerprint density at radius 3 is 2.52 bits per heavy atom. The summed E-state index contributed by atoms with van der Waals surface area (Å²) in [6, 6.07) is 6.28. The molecule has 0 bridgehead atoms. The zero-order valence-electron chi connectivity index (χ0n) is 14.5. The normalized spacial score (nSPS) is 16.5. The third-order valence-electron chi connectivity index (χ3n) is 4.74. The Hall–Kier alpha value is -1.88. The molecule has 1 aliphatic heterocycles. The van der Waals surface area contributed by atoms with E-state index in [0.717, 1.165) is 55.1 Å². The Balaban J connectivity index is 1.85. The number of carbonyl (C=O) groups is 1. The molecule has 0 atom stereocenters. The fourth-order valence-corrected chi connectivity index (χ4v) is 3.45. The third kappa shape index (κ3) is 2.98. The van der Waals surface area contributed by atoms with Crippen molar-refractivity contribution in [3.8, 4) is 0 Å². The lowest BCUT2D eigenvalue weighted by Crippen LogP contribution is -2.48. The van der Waals surface area contributed by atoms with Gasteiger partial charge in [0.2, 0.25) is 0 Å². The zero-order valence-corrected chi connectivity index (χ0v) is 14.5.